The molecule has 0 atom stereocenters. The van der Waals surface area contributed by atoms with E-state index in [1.165, 1.54) is 43.1 Å². The highest BCUT2D eigenvalue weighted by Gasteiger charge is 2.20. The van der Waals surface area contributed by atoms with Crippen molar-refractivity contribution < 1.29 is 4.79 Å². The van der Waals surface area contributed by atoms with E-state index in [0.29, 0.717) is 11.6 Å². The Kier molecular flexibility index (Phi) is 4.18. The van der Waals surface area contributed by atoms with Crippen LogP contribution in [-0.2, 0) is 14.1 Å². The van der Waals surface area contributed by atoms with Gasteiger partial charge in [0.2, 0.25) is 5.78 Å². The molecule has 0 saturated heterocycles. The van der Waals surface area contributed by atoms with Gasteiger partial charge in [0, 0.05) is 31.8 Å². The summed E-state index contributed by atoms with van der Waals surface area (Å²) in [6.07, 6.45) is 13.1. The lowest BCUT2D eigenvalue weighted by Crippen LogP contribution is -2.07. The Morgan fingerprint density at radius 1 is 1.23 bits per heavy atom. The zero-order valence-electron chi connectivity index (χ0n) is 13.1. The first-order valence-corrected chi connectivity index (χ1v) is 7.76. The molecule has 0 radical (unpaired) electrons. The molecule has 0 aromatic carbocycles. The van der Waals surface area contributed by atoms with Crippen molar-refractivity contribution in [3.8, 4) is 0 Å². The molecule has 0 bridgehead atoms. The molecule has 2 heterocycles. The van der Waals surface area contributed by atoms with Crippen LogP contribution >= 0.6 is 0 Å². The Bertz CT molecular complexity index is 691. The number of rotatable bonds is 4. The quantitative estimate of drug-likeness (QED) is 0.642. The third-order valence-corrected chi connectivity index (χ3v) is 4.15. The number of carbonyl (C=O) groups excluding carboxylic acids is 1. The molecule has 1 fully saturated rings. The molecular formula is C16H21N5O. The second kappa shape index (κ2) is 6.25. The molecule has 1 aliphatic carbocycles. The van der Waals surface area contributed by atoms with Gasteiger partial charge in [-0.3, -0.25) is 9.48 Å². The van der Waals surface area contributed by atoms with Gasteiger partial charge in [-0.15, -0.1) is 0 Å². The number of hydrogen-bond donors (Lipinski definition) is 0. The summed E-state index contributed by atoms with van der Waals surface area (Å²) in [7, 11) is 3.62. The fourth-order valence-electron chi connectivity index (χ4n) is 3.06. The van der Waals surface area contributed by atoms with Crippen LogP contribution in [-0.4, -0.2) is 30.6 Å². The number of nitrogens with zero attached hydrogens (tertiary/aromatic N) is 5. The maximum Gasteiger partial charge on any atom is 0.207 e. The predicted molar refractivity (Wildman–Crippen MR) is 83.4 cm³/mol. The Morgan fingerprint density at radius 2 is 2.00 bits per heavy atom. The standard InChI is InChI=1S/C16H21N5O/c1-20-11-13(16(19-20)12-6-4-3-5-7-12)8-9-15(22)14-10-17-21(2)18-14/h8-12H,3-7H2,1-2H3/b9-8+. The smallest absolute Gasteiger partial charge is 0.207 e. The minimum atomic E-state index is -0.133. The van der Waals surface area contributed by atoms with E-state index in [1.807, 2.05) is 24.0 Å². The summed E-state index contributed by atoms with van der Waals surface area (Å²) >= 11 is 0. The van der Waals surface area contributed by atoms with Gasteiger partial charge in [0.1, 0.15) is 0 Å². The Balaban J connectivity index is 1.79. The van der Waals surface area contributed by atoms with Crippen LogP contribution in [0.4, 0.5) is 0 Å². The number of hydrogen-bond acceptors (Lipinski definition) is 4. The SMILES string of the molecule is Cn1cc(/C=C/C(=O)c2cnn(C)n2)c(C2CCCCC2)n1. The van der Waals surface area contributed by atoms with Gasteiger partial charge in [0.15, 0.2) is 5.69 Å². The van der Waals surface area contributed by atoms with Crippen molar-refractivity contribution in [2.75, 3.05) is 0 Å². The van der Waals surface area contributed by atoms with Crippen LogP contribution in [0.1, 0.15) is 59.8 Å². The highest BCUT2D eigenvalue weighted by molar-refractivity contribution is 6.05. The summed E-state index contributed by atoms with van der Waals surface area (Å²) in [4.78, 5) is 13.5. The molecule has 1 saturated carbocycles. The number of aryl methyl sites for hydroxylation is 2. The molecule has 22 heavy (non-hydrogen) atoms. The molecule has 6 heteroatoms. The summed E-state index contributed by atoms with van der Waals surface area (Å²) in [5.41, 5.74) is 2.51. The first-order valence-electron chi connectivity index (χ1n) is 7.76. The monoisotopic (exact) mass is 299 g/mol. The van der Waals surface area contributed by atoms with Gasteiger partial charge in [0.05, 0.1) is 11.9 Å². The lowest BCUT2D eigenvalue weighted by Gasteiger charge is -2.20. The summed E-state index contributed by atoms with van der Waals surface area (Å²) in [5.74, 6) is 0.382. The summed E-state index contributed by atoms with van der Waals surface area (Å²) in [5, 5.41) is 12.6. The summed E-state index contributed by atoms with van der Waals surface area (Å²) < 4.78 is 1.83. The minimum absolute atomic E-state index is 0.133. The van der Waals surface area contributed by atoms with Crippen molar-refractivity contribution in [2.24, 2.45) is 14.1 Å². The Hall–Kier alpha value is -2.24. The molecular weight excluding hydrogens is 278 g/mol. The van der Waals surface area contributed by atoms with Crippen molar-refractivity contribution in [3.63, 3.8) is 0 Å². The van der Waals surface area contributed by atoms with Crippen molar-refractivity contribution >= 4 is 11.9 Å². The van der Waals surface area contributed by atoms with E-state index in [4.69, 9.17) is 0 Å². The van der Waals surface area contributed by atoms with E-state index in [9.17, 15) is 4.79 Å². The number of ketones is 1. The third-order valence-electron chi connectivity index (χ3n) is 4.15. The maximum atomic E-state index is 12.1. The highest BCUT2D eigenvalue weighted by Crippen LogP contribution is 2.33. The van der Waals surface area contributed by atoms with Crippen LogP contribution in [0.5, 0.6) is 0 Å². The molecule has 116 valence electrons. The molecule has 0 unspecified atom stereocenters. The first-order chi connectivity index (χ1) is 10.6. The van der Waals surface area contributed by atoms with Gasteiger partial charge in [-0.05, 0) is 25.0 Å². The fourth-order valence-corrected chi connectivity index (χ4v) is 3.06. The van der Waals surface area contributed by atoms with Gasteiger partial charge in [-0.2, -0.15) is 20.1 Å². The second-order valence-corrected chi connectivity index (χ2v) is 5.90. The van der Waals surface area contributed by atoms with E-state index < -0.39 is 0 Å². The average molecular weight is 299 g/mol. The van der Waals surface area contributed by atoms with E-state index in [1.54, 1.807) is 13.1 Å². The molecule has 0 amide bonds. The van der Waals surface area contributed by atoms with Gasteiger partial charge < -0.3 is 0 Å². The zero-order chi connectivity index (χ0) is 15.5. The van der Waals surface area contributed by atoms with Crippen LogP contribution in [0.25, 0.3) is 6.08 Å². The van der Waals surface area contributed by atoms with Gasteiger partial charge >= 0.3 is 0 Å². The summed E-state index contributed by atoms with van der Waals surface area (Å²) in [6, 6.07) is 0. The normalized spacial score (nSPS) is 16.5. The topological polar surface area (TPSA) is 65.6 Å². The van der Waals surface area contributed by atoms with E-state index in [-0.39, 0.29) is 5.78 Å². The zero-order valence-corrected chi connectivity index (χ0v) is 13.1. The van der Waals surface area contributed by atoms with Crippen LogP contribution in [0.15, 0.2) is 18.5 Å². The molecule has 0 aliphatic heterocycles. The van der Waals surface area contributed by atoms with Crippen molar-refractivity contribution in [1.29, 1.82) is 0 Å². The molecule has 6 nitrogen and oxygen atoms in total. The second-order valence-electron chi connectivity index (χ2n) is 5.90. The van der Waals surface area contributed by atoms with Crippen LogP contribution in [0, 0.1) is 0 Å². The molecule has 2 aromatic heterocycles. The van der Waals surface area contributed by atoms with Crippen LogP contribution < -0.4 is 0 Å². The maximum absolute atomic E-state index is 12.1. The van der Waals surface area contributed by atoms with Crippen molar-refractivity contribution in [2.45, 2.75) is 38.0 Å². The third kappa shape index (κ3) is 3.16. The summed E-state index contributed by atoms with van der Waals surface area (Å²) in [6.45, 7) is 0. The number of aromatic nitrogens is 5. The number of allylic oxidation sites excluding steroid dienone is 1. The van der Waals surface area contributed by atoms with E-state index in [2.05, 4.69) is 15.3 Å². The molecule has 2 aromatic rings. The van der Waals surface area contributed by atoms with Crippen molar-refractivity contribution in [3.05, 3.63) is 35.4 Å². The van der Waals surface area contributed by atoms with Crippen LogP contribution in [0.3, 0.4) is 0 Å². The number of carbonyl (C=O) groups is 1. The predicted octanol–water partition coefficient (Wildman–Crippen LogP) is 2.49. The molecule has 3 rings (SSSR count). The largest absolute Gasteiger partial charge is 0.287 e. The fraction of sp³-hybridized carbons (Fsp3) is 0.500. The minimum Gasteiger partial charge on any atom is -0.287 e. The Labute approximate surface area is 129 Å². The Morgan fingerprint density at radius 3 is 2.68 bits per heavy atom. The van der Waals surface area contributed by atoms with E-state index >= 15 is 0 Å². The first kappa shape index (κ1) is 14.7. The van der Waals surface area contributed by atoms with Crippen LogP contribution in [0.2, 0.25) is 0 Å². The van der Waals surface area contributed by atoms with Gasteiger partial charge in [-0.1, -0.05) is 19.3 Å². The lowest BCUT2D eigenvalue weighted by molar-refractivity contribution is 0.104. The van der Waals surface area contributed by atoms with Gasteiger partial charge in [0.25, 0.3) is 0 Å². The molecule has 0 N–H and O–H groups in total. The van der Waals surface area contributed by atoms with Gasteiger partial charge in [-0.25, -0.2) is 0 Å². The highest BCUT2D eigenvalue weighted by atomic mass is 16.1. The van der Waals surface area contributed by atoms with Crippen molar-refractivity contribution in [1.82, 2.24) is 24.8 Å². The molecule has 0 spiro atoms. The average Bonchev–Trinajstić information content (AvgIpc) is 3.12. The van der Waals surface area contributed by atoms with E-state index in [0.717, 1.165) is 11.3 Å². The molecule has 1 aliphatic rings. The lowest BCUT2D eigenvalue weighted by atomic mass is 9.85.